The summed E-state index contributed by atoms with van der Waals surface area (Å²) in [7, 11) is 3.28. The molecule has 1 aliphatic heterocycles. The number of benzene rings is 1. The number of aliphatic imine (C=N–C) groups is 1. The molecule has 1 heterocycles. The van der Waals surface area contributed by atoms with Crippen molar-refractivity contribution in [2.24, 2.45) is 4.99 Å². The molecule has 1 aromatic rings. The monoisotopic (exact) mass is 476 g/mol. The van der Waals surface area contributed by atoms with E-state index in [0.29, 0.717) is 24.1 Å². The van der Waals surface area contributed by atoms with Crippen LogP contribution in [-0.4, -0.2) is 57.2 Å². The maximum Gasteiger partial charge on any atom is 0.241 e. The van der Waals surface area contributed by atoms with Gasteiger partial charge in [0.1, 0.15) is 0 Å². The molecule has 1 fully saturated rings. The lowest BCUT2D eigenvalue weighted by molar-refractivity contribution is -0.130. The van der Waals surface area contributed by atoms with Crippen LogP contribution in [0, 0.1) is 0 Å². The second kappa shape index (κ2) is 11.8. The molecule has 0 spiro atoms. The summed E-state index contributed by atoms with van der Waals surface area (Å²) in [6, 6.07) is 5.56. The quantitative estimate of drug-likeness (QED) is 0.375. The molecule has 2 N–H and O–H groups in total. The zero-order valence-electron chi connectivity index (χ0n) is 15.7. The number of nitrogens with one attached hydrogen (secondary N) is 2. The minimum Gasteiger partial charge on any atom is -0.493 e. The smallest absolute Gasteiger partial charge is 0.241 e. The molecule has 0 saturated carbocycles. The fraction of sp³-hybridized carbons (Fsp3) is 0.556. The maximum absolute atomic E-state index is 12.2. The number of anilines is 1. The number of amides is 1. The van der Waals surface area contributed by atoms with Crippen molar-refractivity contribution in [2.75, 3.05) is 45.7 Å². The Bertz CT molecular complexity index is 604. The number of methoxy groups -OCH3 is 1. The number of hydrogen-bond acceptors (Lipinski definition) is 4. The van der Waals surface area contributed by atoms with Gasteiger partial charge in [-0.1, -0.05) is 0 Å². The Hall–Kier alpha value is -1.71. The van der Waals surface area contributed by atoms with Gasteiger partial charge < -0.3 is 25.0 Å². The van der Waals surface area contributed by atoms with Crippen LogP contribution in [0.5, 0.6) is 11.5 Å². The molecule has 0 atom stereocenters. The van der Waals surface area contributed by atoms with Crippen molar-refractivity contribution in [1.82, 2.24) is 10.2 Å². The molecule has 1 saturated heterocycles. The summed E-state index contributed by atoms with van der Waals surface area (Å²) in [5.74, 6) is 1.98. The Morgan fingerprint density at radius 1 is 1.23 bits per heavy atom. The van der Waals surface area contributed by atoms with Gasteiger partial charge in [0.15, 0.2) is 17.5 Å². The number of nitrogens with zero attached hydrogens (tertiary/aromatic N) is 2. The highest BCUT2D eigenvalue weighted by atomic mass is 127. The minimum absolute atomic E-state index is 0. The van der Waals surface area contributed by atoms with E-state index in [1.54, 1.807) is 14.2 Å². The Morgan fingerprint density at radius 2 is 1.96 bits per heavy atom. The van der Waals surface area contributed by atoms with Gasteiger partial charge in [0.2, 0.25) is 5.91 Å². The number of carbonyl (C=O) groups is 1. The highest BCUT2D eigenvalue weighted by Gasteiger charge is 2.16. The molecular formula is C18H29IN4O3. The van der Waals surface area contributed by atoms with Crippen LogP contribution in [0.3, 0.4) is 0 Å². The lowest BCUT2D eigenvalue weighted by Gasteiger charge is -2.27. The van der Waals surface area contributed by atoms with Gasteiger partial charge in [0.05, 0.1) is 20.3 Å². The molecule has 0 unspecified atom stereocenters. The van der Waals surface area contributed by atoms with Gasteiger partial charge >= 0.3 is 0 Å². The van der Waals surface area contributed by atoms with E-state index in [1.165, 1.54) is 6.42 Å². The van der Waals surface area contributed by atoms with Gasteiger partial charge in [0, 0.05) is 31.9 Å². The zero-order chi connectivity index (χ0) is 18.1. The summed E-state index contributed by atoms with van der Waals surface area (Å²) in [5, 5.41) is 6.24. The van der Waals surface area contributed by atoms with Crippen molar-refractivity contribution in [3.05, 3.63) is 18.2 Å². The number of hydrogen-bond donors (Lipinski definition) is 2. The third-order valence-corrected chi connectivity index (χ3v) is 4.07. The molecule has 8 heteroatoms. The standard InChI is InChI=1S/C18H28N4O3.HI/c1-4-25-16-12-14(8-9-15(16)24-3)21-18(19-2)20-13-17(23)22-10-6-5-7-11-22;/h8-9,12H,4-7,10-11,13H2,1-3H3,(H2,19,20,21);1H. The molecule has 1 aromatic carbocycles. The Morgan fingerprint density at radius 3 is 2.58 bits per heavy atom. The van der Waals surface area contributed by atoms with Gasteiger partial charge in [-0.05, 0) is 38.3 Å². The number of rotatable bonds is 6. The van der Waals surface area contributed by atoms with Crippen molar-refractivity contribution < 1.29 is 14.3 Å². The van der Waals surface area contributed by atoms with Gasteiger partial charge in [0.25, 0.3) is 0 Å². The summed E-state index contributed by atoms with van der Waals surface area (Å²) in [6.07, 6.45) is 3.38. The van der Waals surface area contributed by atoms with Crippen LogP contribution in [0.4, 0.5) is 5.69 Å². The highest BCUT2D eigenvalue weighted by molar-refractivity contribution is 14.0. The molecule has 2 rings (SSSR count). The van der Waals surface area contributed by atoms with E-state index in [9.17, 15) is 4.79 Å². The van der Waals surface area contributed by atoms with Crippen molar-refractivity contribution >= 4 is 41.5 Å². The third-order valence-electron chi connectivity index (χ3n) is 4.07. The summed E-state index contributed by atoms with van der Waals surface area (Å²) in [4.78, 5) is 18.3. The topological polar surface area (TPSA) is 75.2 Å². The largest absolute Gasteiger partial charge is 0.493 e. The summed E-state index contributed by atoms with van der Waals surface area (Å²) >= 11 is 0. The first-order valence-corrected chi connectivity index (χ1v) is 8.74. The van der Waals surface area contributed by atoms with E-state index >= 15 is 0 Å². The van der Waals surface area contributed by atoms with E-state index in [2.05, 4.69) is 15.6 Å². The number of guanidine groups is 1. The van der Waals surface area contributed by atoms with Gasteiger partial charge in [-0.2, -0.15) is 0 Å². The third kappa shape index (κ3) is 6.54. The van der Waals surface area contributed by atoms with E-state index < -0.39 is 0 Å². The molecule has 7 nitrogen and oxygen atoms in total. The summed E-state index contributed by atoms with van der Waals surface area (Å²) in [6.45, 7) is 4.41. The average molecular weight is 476 g/mol. The lowest BCUT2D eigenvalue weighted by atomic mass is 10.1. The summed E-state index contributed by atoms with van der Waals surface area (Å²) in [5.41, 5.74) is 0.808. The molecule has 1 amide bonds. The Balaban J connectivity index is 0.00000338. The molecule has 0 aliphatic carbocycles. The number of likely N-dealkylation sites (tertiary alicyclic amines) is 1. The second-order valence-corrected chi connectivity index (χ2v) is 5.79. The van der Waals surface area contributed by atoms with Crippen LogP contribution in [0.25, 0.3) is 0 Å². The van der Waals surface area contributed by atoms with Crippen molar-refractivity contribution in [2.45, 2.75) is 26.2 Å². The SMILES string of the molecule is CCOc1cc(NC(=NC)NCC(=O)N2CCCCC2)ccc1OC.I. The van der Waals surface area contributed by atoms with Crippen molar-refractivity contribution in [3.63, 3.8) is 0 Å². The molecular weight excluding hydrogens is 447 g/mol. The first kappa shape index (κ1) is 22.3. The lowest BCUT2D eigenvalue weighted by Crippen LogP contribution is -2.44. The minimum atomic E-state index is 0. The molecule has 0 bridgehead atoms. The molecule has 146 valence electrons. The van der Waals surface area contributed by atoms with Crippen molar-refractivity contribution in [3.8, 4) is 11.5 Å². The van der Waals surface area contributed by atoms with Crippen LogP contribution in [0.2, 0.25) is 0 Å². The predicted octanol–water partition coefficient (Wildman–Crippen LogP) is 2.71. The van der Waals surface area contributed by atoms with Crippen LogP contribution >= 0.6 is 24.0 Å². The number of halogens is 1. The van der Waals surface area contributed by atoms with E-state index in [-0.39, 0.29) is 36.4 Å². The van der Waals surface area contributed by atoms with Gasteiger partial charge in [-0.25, -0.2) is 0 Å². The molecule has 26 heavy (non-hydrogen) atoms. The molecule has 0 radical (unpaired) electrons. The van der Waals surface area contributed by atoms with Crippen LogP contribution in [0.15, 0.2) is 23.2 Å². The molecule has 1 aliphatic rings. The van der Waals surface area contributed by atoms with E-state index in [4.69, 9.17) is 9.47 Å². The highest BCUT2D eigenvalue weighted by Crippen LogP contribution is 2.30. The first-order valence-electron chi connectivity index (χ1n) is 8.74. The van der Waals surface area contributed by atoms with Gasteiger partial charge in [-0.15, -0.1) is 24.0 Å². The van der Waals surface area contributed by atoms with E-state index in [0.717, 1.165) is 31.6 Å². The number of piperidine rings is 1. The van der Waals surface area contributed by atoms with Crippen LogP contribution in [-0.2, 0) is 4.79 Å². The normalized spacial score (nSPS) is 14.3. The maximum atomic E-state index is 12.2. The average Bonchev–Trinajstić information content (AvgIpc) is 2.66. The Labute approximate surface area is 172 Å². The predicted molar refractivity (Wildman–Crippen MR) is 115 cm³/mol. The fourth-order valence-electron chi connectivity index (χ4n) is 2.75. The second-order valence-electron chi connectivity index (χ2n) is 5.79. The zero-order valence-corrected chi connectivity index (χ0v) is 18.0. The Kier molecular flexibility index (Phi) is 10.2. The van der Waals surface area contributed by atoms with Crippen LogP contribution in [0.1, 0.15) is 26.2 Å². The molecule has 0 aromatic heterocycles. The van der Waals surface area contributed by atoms with Crippen molar-refractivity contribution in [1.29, 1.82) is 0 Å². The van der Waals surface area contributed by atoms with Gasteiger partial charge in [-0.3, -0.25) is 9.79 Å². The first-order chi connectivity index (χ1) is 12.2. The van der Waals surface area contributed by atoms with Crippen LogP contribution < -0.4 is 20.1 Å². The number of ether oxygens (including phenoxy) is 2. The number of carbonyl (C=O) groups excluding carboxylic acids is 1. The van der Waals surface area contributed by atoms with E-state index in [1.807, 2.05) is 30.0 Å². The summed E-state index contributed by atoms with van der Waals surface area (Å²) < 4.78 is 10.9. The fourth-order valence-corrected chi connectivity index (χ4v) is 2.75.